The molecule has 1 aliphatic carbocycles. The van der Waals surface area contributed by atoms with Crippen molar-refractivity contribution in [3.63, 3.8) is 0 Å². The summed E-state index contributed by atoms with van der Waals surface area (Å²) in [7, 11) is 2.15. The zero-order valence-corrected chi connectivity index (χ0v) is 14.6. The lowest BCUT2D eigenvalue weighted by molar-refractivity contribution is -0.117. The molecule has 0 spiro atoms. The highest BCUT2D eigenvalue weighted by Crippen LogP contribution is 2.47. The van der Waals surface area contributed by atoms with E-state index >= 15 is 0 Å². The number of rotatable bonds is 4. The van der Waals surface area contributed by atoms with Crippen LogP contribution in [0.25, 0.3) is 0 Å². The largest absolute Gasteiger partial charge is 0.369 e. The number of carbonyl (C=O) groups is 1. The van der Waals surface area contributed by atoms with Gasteiger partial charge in [-0.3, -0.25) is 4.79 Å². The second-order valence-corrected chi connectivity index (χ2v) is 7.04. The molecule has 25 heavy (non-hydrogen) atoms. The Morgan fingerprint density at radius 2 is 1.88 bits per heavy atom. The molecule has 5 nitrogen and oxygen atoms in total. The molecule has 130 valence electrons. The van der Waals surface area contributed by atoms with Gasteiger partial charge in [0, 0.05) is 50.0 Å². The van der Waals surface area contributed by atoms with Gasteiger partial charge in [0.05, 0.1) is 0 Å². The summed E-state index contributed by atoms with van der Waals surface area (Å²) in [6.45, 7) is 4.13. The van der Waals surface area contributed by atoms with Crippen LogP contribution in [0.15, 0.2) is 48.7 Å². The molecule has 2 fully saturated rings. The van der Waals surface area contributed by atoms with Crippen LogP contribution in [-0.4, -0.2) is 49.0 Å². The number of hydrogen-bond acceptors (Lipinski definition) is 4. The first-order valence-electron chi connectivity index (χ1n) is 8.96. The highest BCUT2D eigenvalue weighted by atomic mass is 16.2. The second-order valence-electron chi connectivity index (χ2n) is 7.04. The summed E-state index contributed by atoms with van der Waals surface area (Å²) in [4.78, 5) is 21.5. The quantitative estimate of drug-likeness (QED) is 0.932. The molecule has 0 unspecified atom stereocenters. The van der Waals surface area contributed by atoms with Crippen molar-refractivity contribution in [3.8, 4) is 0 Å². The first kappa shape index (κ1) is 16.1. The fourth-order valence-corrected chi connectivity index (χ4v) is 3.52. The molecule has 4 rings (SSSR count). The molecule has 2 aliphatic rings. The summed E-state index contributed by atoms with van der Waals surface area (Å²) < 4.78 is 0. The number of carbonyl (C=O) groups excluding carboxylic acids is 1. The second kappa shape index (κ2) is 6.84. The van der Waals surface area contributed by atoms with E-state index in [4.69, 9.17) is 0 Å². The van der Waals surface area contributed by atoms with Crippen molar-refractivity contribution in [1.29, 1.82) is 0 Å². The van der Waals surface area contributed by atoms with Gasteiger partial charge in [-0.2, -0.15) is 0 Å². The summed E-state index contributed by atoms with van der Waals surface area (Å²) in [6.07, 6.45) is 2.71. The predicted molar refractivity (Wildman–Crippen MR) is 99.9 cm³/mol. The fraction of sp³-hybridized carbons (Fsp3) is 0.400. The summed E-state index contributed by atoms with van der Waals surface area (Å²) in [5.74, 6) is 1.15. The van der Waals surface area contributed by atoms with Crippen LogP contribution >= 0.6 is 0 Å². The normalized spacial score (nSPS) is 23.3. The maximum absolute atomic E-state index is 12.5. The SMILES string of the molecule is CN1CCN(c2ccnc(NC(=O)[C@H]3C[C@@H]3c3ccccc3)c2)CC1. The molecule has 1 saturated carbocycles. The Balaban J connectivity index is 1.38. The van der Waals surface area contributed by atoms with Crippen molar-refractivity contribution < 1.29 is 4.79 Å². The standard InChI is InChI=1S/C20H24N4O/c1-23-9-11-24(12-10-23)16-7-8-21-19(13-16)22-20(25)18-14-17(18)15-5-3-2-4-6-15/h2-8,13,17-18H,9-12,14H2,1H3,(H,21,22,25)/t17-,18+/m1/s1. The summed E-state index contributed by atoms with van der Waals surface area (Å²) in [6, 6.07) is 14.3. The topological polar surface area (TPSA) is 48.5 Å². The average molecular weight is 336 g/mol. The first-order valence-corrected chi connectivity index (χ1v) is 8.96. The molecule has 0 radical (unpaired) electrons. The number of piperazine rings is 1. The number of amides is 1. The van der Waals surface area contributed by atoms with Crippen molar-refractivity contribution in [1.82, 2.24) is 9.88 Å². The van der Waals surface area contributed by atoms with Gasteiger partial charge in [-0.15, -0.1) is 0 Å². The molecule has 1 aromatic carbocycles. The van der Waals surface area contributed by atoms with Crippen LogP contribution in [0, 0.1) is 5.92 Å². The van der Waals surface area contributed by atoms with Gasteiger partial charge in [0.15, 0.2) is 0 Å². The van der Waals surface area contributed by atoms with E-state index in [1.165, 1.54) is 5.56 Å². The minimum atomic E-state index is 0.0662. The van der Waals surface area contributed by atoms with Crippen LogP contribution in [0.5, 0.6) is 0 Å². The van der Waals surface area contributed by atoms with Gasteiger partial charge >= 0.3 is 0 Å². The molecule has 1 saturated heterocycles. The zero-order valence-electron chi connectivity index (χ0n) is 14.6. The van der Waals surface area contributed by atoms with Gasteiger partial charge in [-0.05, 0) is 31.0 Å². The Hall–Kier alpha value is -2.40. The molecule has 5 heteroatoms. The van der Waals surface area contributed by atoms with Crippen LogP contribution in [0.3, 0.4) is 0 Å². The molecule has 2 heterocycles. The van der Waals surface area contributed by atoms with Crippen LogP contribution in [0.4, 0.5) is 11.5 Å². The summed E-state index contributed by atoms with van der Waals surface area (Å²) in [5, 5.41) is 3.00. The van der Waals surface area contributed by atoms with Gasteiger partial charge < -0.3 is 15.1 Å². The van der Waals surface area contributed by atoms with E-state index in [1.807, 2.05) is 30.3 Å². The van der Waals surface area contributed by atoms with E-state index in [0.717, 1.165) is 38.3 Å². The molecule has 2 atom stereocenters. The Morgan fingerprint density at radius 3 is 2.64 bits per heavy atom. The molecule has 1 aromatic heterocycles. The average Bonchev–Trinajstić information content (AvgIpc) is 3.44. The minimum absolute atomic E-state index is 0.0662. The van der Waals surface area contributed by atoms with Crippen LogP contribution < -0.4 is 10.2 Å². The Labute approximate surface area is 148 Å². The molecule has 1 aliphatic heterocycles. The van der Waals surface area contributed by atoms with Gasteiger partial charge in [-0.1, -0.05) is 30.3 Å². The van der Waals surface area contributed by atoms with Gasteiger partial charge in [-0.25, -0.2) is 4.98 Å². The lowest BCUT2D eigenvalue weighted by atomic mass is 10.1. The van der Waals surface area contributed by atoms with Crippen molar-refractivity contribution in [3.05, 3.63) is 54.2 Å². The maximum atomic E-state index is 12.5. The van der Waals surface area contributed by atoms with Crippen molar-refractivity contribution in [2.24, 2.45) is 5.92 Å². The molecular weight excluding hydrogens is 312 g/mol. The third-order valence-corrected chi connectivity index (χ3v) is 5.22. The third-order valence-electron chi connectivity index (χ3n) is 5.22. The highest BCUT2D eigenvalue weighted by Gasteiger charge is 2.43. The molecule has 1 N–H and O–H groups in total. The number of hydrogen-bond donors (Lipinski definition) is 1. The number of benzene rings is 1. The Morgan fingerprint density at radius 1 is 1.12 bits per heavy atom. The molecular formula is C20H24N4O. The molecule has 1 amide bonds. The fourth-order valence-electron chi connectivity index (χ4n) is 3.52. The summed E-state index contributed by atoms with van der Waals surface area (Å²) in [5.41, 5.74) is 2.38. The van der Waals surface area contributed by atoms with Crippen LogP contribution in [-0.2, 0) is 4.79 Å². The van der Waals surface area contributed by atoms with Crippen molar-refractivity contribution >= 4 is 17.4 Å². The van der Waals surface area contributed by atoms with Crippen LogP contribution in [0.1, 0.15) is 17.9 Å². The van der Waals surface area contributed by atoms with Crippen molar-refractivity contribution in [2.75, 3.05) is 43.4 Å². The highest BCUT2D eigenvalue weighted by molar-refractivity contribution is 5.94. The van der Waals surface area contributed by atoms with Gasteiger partial charge in [0.1, 0.15) is 5.82 Å². The summed E-state index contributed by atoms with van der Waals surface area (Å²) >= 11 is 0. The smallest absolute Gasteiger partial charge is 0.229 e. The van der Waals surface area contributed by atoms with E-state index < -0.39 is 0 Å². The number of pyridine rings is 1. The van der Waals surface area contributed by atoms with E-state index in [1.54, 1.807) is 6.20 Å². The van der Waals surface area contributed by atoms with E-state index in [0.29, 0.717) is 11.7 Å². The number of likely N-dealkylation sites (N-methyl/N-ethyl adjacent to an activating group) is 1. The Kier molecular flexibility index (Phi) is 4.40. The molecule has 2 aromatic rings. The van der Waals surface area contributed by atoms with E-state index in [9.17, 15) is 4.79 Å². The Bertz CT molecular complexity index is 740. The number of nitrogens with zero attached hydrogens (tertiary/aromatic N) is 3. The van der Waals surface area contributed by atoms with Gasteiger partial charge in [0.25, 0.3) is 0 Å². The number of nitrogens with one attached hydrogen (secondary N) is 1. The van der Waals surface area contributed by atoms with Gasteiger partial charge in [0.2, 0.25) is 5.91 Å². The molecule has 0 bridgehead atoms. The first-order chi connectivity index (χ1) is 12.2. The minimum Gasteiger partial charge on any atom is -0.369 e. The lowest BCUT2D eigenvalue weighted by Gasteiger charge is -2.34. The third kappa shape index (κ3) is 3.66. The van der Waals surface area contributed by atoms with E-state index in [-0.39, 0.29) is 11.8 Å². The van der Waals surface area contributed by atoms with E-state index in [2.05, 4.69) is 39.3 Å². The maximum Gasteiger partial charge on any atom is 0.229 e. The monoisotopic (exact) mass is 336 g/mol. The zero-order chi connectivity index (χ0) is 17.2. The lowest BCUT2D eigenvalue weighted by Crippen LogP contribution is -2.44. The predicted octanol–water partition coefficient (Wildman–Crippen LogP) is 2.58. The number of aromatic nitrogens is 1. The van der Waals surface area contributed by atoms with Crippen LogP contribution in [0.2, 0.25) is 0 Å². The number of anilines is 2. The van der Waals surface area contributed by atoms with Crippen molar-refractivity contribution in [2.45, 2.75) is 12.3 Å².